The van der Waals surface area contributed by atoms with Crippen LogP contribution in [0.2, 0.25) is 0 Å². The largest absolute Gasteiger partial charge is 0.481 e. The minimum Gasteiger partial charge on any atom is -0.481 e. The molecular formula is C12H22N2O3. The molecule has 0 aromatic heterocycles. The van der Waals surface area contributed by atoms with E-state index in [1.165, 1.54) is 0 Å². The molecule has 1 saturated carbocycles. The fourth-order valence-electron chi connectivity index (χ4n) is 2.37. The van der Waals surface area contributed by atoms with Crippen LogP contribution in [-0.4, -0.2) is 29.1 Å². The van der Waals surface area contributed by atoms with Crippen molar-refractivity contribution >= 4 is 11.9 Å². The lowest BCUT2D eigenvalue weighted by Crippen LogP contribution is -2.51. The van der Waals surface area contributed by atoms with Crippen molar-refractivity contribution in [2.45, 2.75) is 58.0 Å². The first-order valence-corrected chi connectivity index (χ1v) is 6.21. The second-order valence-electron chi connectivity index (χ2n) is 5.07. The molecule has 0 saturated heterocycles. The van der Waals surface area contributed by atoms with E-state index < -0.39 is 17.4 Å². The molecule has 1 aliphatic carbocycles. The zero-order valence-corrected chi connectivity index (χ0v) is 10.5. The molecular weight excluding hydrogens is 220 g/mol. The van der Waals surface area contributed by atoms with Crippen LogP contribution < -0.4 is 11.1 Å². The summed E-state index contributed by atoms with van der Waals surface area (Å²) in [4.78, 5) is 23.0. The van der Waals surface area contributed by atoms with E-state index in [-0.39, 0.29) is 11.9 Å². The van der Waals surface area contributed by atoms with Gasteiger partial charge in [-0.1, -0.05) is 19.8 Å². The zero-order chi connectivity index (χ0) is 13.1. The number of carboxylic acids is 1. The number of amides is 1. The molecule has 4 N–H and O–H groups in total. The van der Waals surface area contributed by atoms with Gasteiger partial charge < -0.3 is 16.2 Å². The highest BCUT2D eigenvalue weighted by Crippen LogP contribution is 2.38. The molecule has 0 bridgehead atoms. The Morgan fingerprint density at radius 3 is 2.76 bits per heavy atom. The highest BCUT2D eigenvalue weighted by Gasteiger charge is 2.46. The number of nitrogens with one attached hydrogen (secondary N) is 1. The van der Waals surface area contributed by atoms with Crippen molar-refractivity contribution in [3.63, 3.8) is 0 Å². The summed E-state index contributed by atoms with van der Waals surface area (Å²) in [7, 11) is 0. The lowest BCUT2D eigenvalue weighted by Gasteiger charge is -2.28. The SMILES string of the molecule is CCCC(N)C(=O)NC1CCCC1(C)C(=O)O. The Bertz CT molecular complexity index is 306. The molecule has 1 aliphatic rings. The molecule has 98 valence electrons. The summed E-state index contributed by atoms with van der Waals surface area (Å²) in [6, 6.07) is -0.825. The Balaban J connectivity index is 2.62. The quantitative estimate of drug-likeness (QED) is 0.667. The third-order valence-corrected chi connectivity index (χ3v) is 3.70. The number of carbonyl (C=O) groups excluding carboxylic acids is 1. The van der Waals surface area contributed by atoms with Gasteiger partial charge in [0.2, 0.25) is 5.91 Å². The third kappa shape index (κ3) is 2.97. The molecule has 1 amide bonds. The summed E-state index contributed by atoms with van der Waals surface area (Å²) in [5.41, 5.74) is 4.87. The van der Waals surface area contributed by atoms with E-state index in [4.69, 9.17) is 5.73 Å². The van der Waals surface area contributed by atoms with E-state index in [1.54, 1.807) is 6.92 Å². The highest BCUT2D eigenvalue weighted by molar-refractivity contribution is 5.83. The van der Waals surface area contributed by atoms with E-state index in [1.807, 2.05) is 6.92 Å². The van der Waals surface area contributed by atoms with Gasteiger partial charge in [-0.25, -0.2) is 0 Å². The maximum absolute atomic E-state index is 11.8. The maximum atomic E-state index is 11.8. The molecule has 0 aliphatic heterocycles. The number of hydrogen-bond donors (Lipinski definition) is 3. The van der Waals surface area contributed by atoms with Gasteiger partial charge in [-0.2, -0.15) is 0 Å². The van der Waals surface area contributed by atoms with Gasteiger partial charge >= 0.3 is 5.97 Å². The normalized spacial score (nSPS) is 29.9. The monoisotopic (exact) mass is 242 g/mol. The maximum Gasteiger partial charge on any atom is 0.311 e. The lowest BCUT2D eigenvalue weighted by molar-refractivity contribution is -0.149. The first-order chi connectivity index (χ1) is 7.91. The number of rotatable bonds is 5. The van der Waals surface area contributed by atoms with Gasteiger partial charge in [-0.05, 0) is 26.2 Å². The molecule has 0 aromatic carbocycles. The van der Waals surface area contributed by atoms with Crippen molar-refractivity contribution in [1.29, 1.82) is 0 Å². The molecule has 3 atom stereocenters. The van der Waals surface area contributed by atoms with E-state index in [9.17, 15) is 14.7 Å². The van der Waals surface area contributed by atoms with Crippen molar-refractivity contribution < 1.29 is 14.7 Å². The van der Waals surface area contributed by atoms with Crippen LogP contribution >= 0.6 is 0 Å². The van der Waals surface area contributed by atoms with Crippen molar-refractivity contribution in [2.24, 2.45) is 11.1 Å². The number of hydrogen-bond acceptors (Lipinski definition) is 3. The summed E-state index contributed by atoms with van der Waals surface area (Å²) >= 11 is 0. The van der Waals surface area contributed by atoms with Gasteiger partial charge in [-0.3, -0.25) is 9.59 Å². The average Bonchev–Trinajstić information content (AvgIpc) is 2.62. The Hall–Kier alpha value is -1.10. The summed E-state index contributed by atoms with van der Waals surface area (Å²) in [5, 5.41) is 12.0. The van der Waals surface area contributed by atoms with Crippen molar-refractivity contribution in [2.75, 3.05) is 0 Å². The summed E-state index contributed by atoms with van der Waals surface area (Å²) < 4.78 is 0. The number of carbonyl (C=O) groups is 2. The van der Waals surface area contributed by atoms with Crippen LogP contribution in [-0.2, 0) is 9.59 Å². The summed E-state index contributed by atoms with van der Waals surface area (Å²) in [6.45, 7) is 3.66. The van der Waals surface area contributed by atoms with Crippen LogP contribution in [0, 0.1) is 5.41 Å². The Kier molecular flexibility index (Phi) is 4.51. The molecule has 0 radical (unpaired) electrons. The summed E-state index contributed by atoms with van der Waals surface area (Å²) in [6.07, 6.45) is 3.62. The van der Waals surface area contributed by atoms with Gasteiger partial charge in [0.1, 0.15) is 0 Å². The molecule has 3 unspecified atom stereocenters. The van der Waals surface area contributed by atoms with Gasteiger partial charge in [0.25, 0.3) is 0 Å². The Morgan fingerprint density at radius 1 is 1.59 bits per heavy atom. The fraction of sp³-hybridized carbons (Fsp3) is 0.833. The summed E-state index contributed by atoms with van der Waals surface area (Å²) in [5.74, 6) is -1.07. The van der Waals surface area contributed by atoms with E-state index >= 15 is 0 Å². The minimum absolute atomic E-state index is 0.230. The van der Waals surface area contributed by atoms with Crippen LogP contribution in [0.3, 0.4) is 0 Å². The first-order valence-electron chi connectivity index (χ1n) is 6.21. The van der Waals surface area contributed by atoms with Gasteiger partial charge in [0, 0.05) is 6.04 Å². The van der Waals surface area contributed by atoms with Crippen LogP contribution in [0.1, 0.15) is 46.0 Å². The first kappa shape index (κ1) is 14.0. The highest BCUT2D eigenvalue weighted by atomic mass is 16.4. The average molecular weight is 242 g/mol. The van der Waals surface area contributed by atoms with Crippen LogP contribution in [0.25, 0.3) is 0 Å². The second-order valence-corrected chi connectivity index (χ2v) is 5.07. The molecule has 0 spiro atoms. The molecule has 1 rings (SSSR count). The number of aliphatic carboxylic acids is 1. The molecule has 0 heterocycles. The fourth-order valence-corrected chi connectivity index (χ4v) is 2.37. The van der Waals surface area contributed by atoms with Gasteiger partial charge in [-0.15, -0.1) is 0 Å². The van der Waals surface area contributed by atoms with Gasteiger partial charge in [0.05, 0.1) is 11.5 Å². The number of nitrogens with two attached hydrogens (primary N) is 1. The smallest absolute Gasteiger partial charge is 0.311 e. The topological polar surface area (TPSA) is 92.4 Å². The van der Waals surface area contributed by atoms with Crippen molar-refractivity contribution in [3.05, 3.63) is 0 Å². The zero-order valence-electron chi connectivity index (χ0n) is 10.5. The second kappa shape index (κ2) is 5.49. The Morgan fingerprint density at radius 2 is 2.24 bits per heavy atom. The number of carboxylic acid groups (broad SMARTS) is 1. The molecule has 5 nitrogen and oxygen atoms in total. The predicted molar refractivity (Wildman–Crippen MR) is 64.4 cm³/mol. The molecule has 5 heteroatoms. The van der Waals surface area contributed by atoms with E-state index in [0.717, 1.165) is 12.8 Å². The van der Waals surface area contributed by atoms with E-state index in [0.29, 0.717) is 19.3 Å². The molecule has 1 fully saturated rings. The van der Waals surface area contributed by atoms with E-state index in [2.05, 4.69) is 5.32 Å². The molecule has 0 aromatic rings. The predicted octanol–water partition coefficient (Wildman–Crippen LogP) is 0.873. The van der Waals surface area contributed by atoms with Gasteiger partial charge in [0.15, 0.2) is 0 Å². The minimum atomic E-state index is -0.846. The van der Waals surface area contributed by atoms with Crippen LogP contribution in [0.5, 0.6) is 0 Å². The van der Waals surface area contributed by atoms with Crippen molar-refractivity contribution in [1.82, 2.24) is 5.32 Å². The standard InChI is InChI=1S/C12H22N2O3/c1-3-5-8(13)10(15)14-9-6-4-7-12(9,2)11(16)17/h8-9H,3-7,13H2,1-2H3,(H,14,15)(H,16,17). The van der Waals surface area contributed by atoms with Crippen LogP contribution in [0.15, 0.2) is 0 Å². The Labute approximate surface area is 102 Å². The molecule has 17 heavy (non-hydrogen) atoms. The lowest BCUT2D eigenvalue weighted by atomic mass is 9.84. The van der Waals surface area contributed by atoms with Crippen molar-refractivity contribution in [3.8, 4) is 0 Å². The third-order valence-electron chi connectivity index (χ3n) is 3.70. The van der Waals surface area contributed by atoms with Crippen LogP contribution in [0.4, 0.5) is 0 Å².